The van der Waals surface area contributed by atoms with E-state index in [1.807, 2.05) is 0 Å². The van der Waals surface area contributed by atoms with Gasteiger partial charge in [-0.25, -0.2) is 4.39 Å². The summed E-state index contributed by atoms with van der Waals surface area (Å²) in [5.74, 6) is -0.492. The summed E-state index contributed by atoms with van der Waals surface area (Å²) in [5, 5.41) is 10.8. The molecule has 0 heterocycles. The summed E-state index contributed by atoms with van der Waals surface area (Å²) < 4.78 is 14.5. The summed E-state index contributed by atoms with van der Waals surface area (Å²) in [4.78, 5) is 0. The molecule has 19 heavy (non-hydrogen) atoms. The molecule has 0 spiro atoms. The molecule has 1 nitrogen and oxygen atoms in total. The Bertz CT molecular complexity index is 604. The maximum Gasteiger partial charge on any atom is 0.145 e. The lowest BCUT2D eigenvalue weighted by atomic mass is 10.0. The Hall–Kier alpha value is -0.610. The highest BCUT2D eigenvalue weighted by Gasteiger charge is 2.15. The van der Waals surface area contributed by atoms with Crippen molar-refractivity contribution in [2.24, 2.45) is 0 Å². The van der Waals surface area contributed by atoms with Crippen LogP contribution in [0, 0.1) is 5.82 Å². The van der Waals surface area contributed by atoms with Crippen molar-refractivity contribution in [3.63, 3.8) is 0 Å². The first-order valence-electron chi connectivity index (χ1n) is 5.55. The van der Waals surface area contributed by atoms with Gasteiger partial charge in [0.15, 0.2) is 0 Å². The van der Waals surface area contributed by atoms with Gasteiger partial charge in [0.1, 0.15) is 5.82 Å². The third-order valence-corrected chi connectivity index (χ3v) is 3.98. The van der Waals surface area contributed by atoms with E-state index in [0.29, 0.717) is 20.6 Å². The van der Waals surface area contributed by atoms with Gasteiger partial charge >= 0.3 is 0 Å². The Balaban J connectivity index is 2.25. The van der Waals surface area contributed by atoms with E-state index in [0.717, 1.165) is 0 Å². The van der Waals surface area contributed by atoms with Crippen molar-refractivity contribution in [2.75, 3.05) is 0 Å². The molecule has 0 amide bonds. The molecule has 1 unspecified atom stereocenters. The van der Waals surface area contributed by atoms with Crippen molar-refractivity contribution in [2.45, 2.75) is 12.5 Å². The summed E-state index contributed by atoms with van der Waals surface area (Å²) in [5.41, 5.74) is 1.03. The Labute approximate surface area is 129 Å². The molecule has 0 aliphatic heterocycles. The van der Waals surface area contributed by atoms with Crippen LogP contribution in [0.25, 0.3) is 0 Å². The molecule has 2 aromatic carbocycles. The fourth-order valence-corrected chi connectivity index (χ4v) is 2.94. The first-order valence-corrected chi connectivity index (χ1v) is 7.10. The van der Waals surface area contributed by atoms with Crippen LogP contribution in [0.2, 0.25) is 10.0 Å². The quantitative estimate of drug-likeness (QED) is 0.797. The number of aliphatic hydroxyl groups is 1. The van der Waals surface area contributed by atoms with Crippen molar-refractivity contribution in [3.05, 3.63) is 67.9 Å². The Morgan fingerprint density at radius 3 is 2.63 bits per heavy atom. The fraction of sp³-hybridized carbons (Fsp3) is 0.143. The van der Waals surface area contributed by atoms with E-state index in [1.54, 1.807) is 30.3 Å². The standard InChI is InChI=1S/C14H10BrCl2FO/c15-11-7-9(16)4-5-10(11)13(19)6-8-2-1-3-12(17)14(8)18/h1-5,7,13,19H,6H2. The summed E-state index contributed by atoms with van der Waals surface area (Å²) in [6, 6.07) is 9.82. The van der Waals surface area contributed by atoms with Crippen LogP contribution >= 0.6 is 39.1 Å². The Morgan fingerprint density at radius 2 is 1.95 bits per heavy atom. The topological polar surface area (TPSA) is 20.2 Å². The number of benzene rings is 2. The van der Waals surface area contributed by atoms with E-state index in [9.17, 15) is 9.50 Å². The predicted molar refractivity (Wildman–Crippen MR) is 79.2 cm³/mol. The van der Waals surface area contributed by atoms with E-state index >= 15 is 0 Å². The van der Waals surface area contributed by atoms with Gasteiger partial charge < -0.3 is 5.11 Å². The zero-order valence-electron chi connectivity index (χ0n) is 9.71. The largest absolute Gasteiger partial charge is 0.388 e. The molecule has 0 fully saturated rings. The van der Waals surface area contributed by atoms with Crippen LogP contribution < -0.4 is 0 Å². The van der Waals surface area contributed by atoms with Crippen LogP contribution in [0.1, 0.15) is 17.2 Å². The van der Waals surface area contributed by atoms with E-state index in [1.165, 1.54) is 6.07 Å². The van der Waals surface area contributed by atoms with Gasteiger partial charge in [0.2, 0.25) is 0 Å². The zero-order chi connectivity index (χ0) is 14.0. The SMILES string of the molecule is OC(Cc1cccc(Cl)c1F)c1ccc(Cl)cc1Br. The molecule has 2 rings (SSSR count). The van der Waals surface area contributed by atoms with Crippen LogP contribution in [0.5, 0.6) is 0 Å². The van der Waals surface area contributed by atoms with E-state index in [4.69, 9.17) is 23.2 Å². The van der Waals surface area contributed by atoms with Gasteiger partial charge in [0.25, 0.3) is 0 Å². The van der Waals surface area contributed by atoms with Crippen molar-refractivity contribution in [1.29, 1.82) is 0 Å². The normalized spacial score (nSPS) is 12.5. The molecular weight excluding hydrogens is 354 g/mol. The summed E-state index contributed by atoms with van der Waals surface area (Å²) in [7, 11) is 0. The second-order valence-corrected chi connectivity index (χ2v) is 5.80. The molecule has 0 saturated carbocycles. The maximum atomic E-state index is 13.8. The van der Waals surface area contributed by atoms with E-state index in [2.05, 4.69) is 15.9 Å². The number of aliphatic hydroxyl groups excluding tert-OH is 1. The number of rotatable bonds is 3. The minimum Gasteiger partial charge on any atom is -0.388 e. The molecule has 100 valence electrons. The van der Waals surface area contributed by atoms with Gasteiger partial charge in [-0.3, -0.25) is 0 Å². The fourth-order valence-electron chi connectivity index (χ4n) is 1.80. The molecule has 0 aliphatic carbocycles. The molecule has 1 N–H and O–H groups in total. The smallest absolute Gasteiger partial charge is 0.145 e. The third-order valence-electron chi connectivity index (χ3n) is 2.77. The molecule has 1 atom stereocenters. The summed E-state index contributed by atoms with van der Waals surface area (Å²) in [6.45, 7) is 0. The van der Waals surface area contributed by atoms with Crippen LogP contribution in [-0.2, 0) is 6.42 Å². The first kappa shape index (κ1) is 14.8. The van der Waals surface area contributed by atoms with Crippen molar-refractivity contribution >= 4 is 39.1 Å². The van der Waals surface area contributed by atoms with Crippen molar-refractivity contribution < 1.29 is 9.50 Å². The zero-order valence-corrected chi connectivity index (χ0v) is 12.8. The first-order chi connectivity index (χ1) is 8.99. The maximum absolute atomic E-state index is 13.8. The third kappa shape index (κ3) is 3.48. The molecule has 2 aromatic rings. The highest BCUT2D eigenvalue weighted by molar-refractivity contribution is 9.10. The van der Waals surface area contributed by atoms with Gasteiger partial charge in [-0.2, -0.15) is 0 Å². The van der Waals surface area contributed by atoms with Crippen molar-refractivity contribution in [3.8, 4) is 0 Å². The highest BCUT2D eigenvalue weighted by atomic mass is 79.9. The Kier molecular flexibility index (Phi) is 4.85. The van der Waals surface area contributed by atoms with E-state index in [-0.39, 0.29) is 11.4 Å². The Morgan fingerprint density at radius 1 is 1.21 bits per heavy atom. The van der Waals surface area contributed by atoms with Gasteiger partial charge in [-0.1, -0.05) is 57.3 Å². The minimum absolute atomic E-state index is 0.0554. The molecule has 0 aromatic heterocycles. The van der Waals surface area contributed by atoms with Gasteiger partial charge in [0.05, 0.1) is 11.1 Å². The monoisotopic (exact) mass is 362 g/mol. The molecule has 0 saturated heterocycles. The summed E-state index contributed by atoms with van der Waals surface area (Å²) in [6.07, 6.45) is -0.688. The second-order valence-electron chi connectivity index (χ2n) is 4.10. The number of hydrogen-bond donors (Lipinski definition) is 1. The lowest BCUT2D eigenvalue weighted by Crippen LogP contribution is -2.04. The van der Waals surface area contributed by atoms with Crippen LogP contribution in [-0.4, -0.2) is 5.11 Å². The molecule has 5 heteroatoms. The number of hydrogen-bond acceptors (Lipinski definition) is 1. The summed E-state index contributed by atoms with van der Waals surface area (Å²) >= 11 is 14.9. The molecule has 0 bridgehead atoms. The predicted octanol–water partition coefficient (Wildman–Crippen LogP) is 5.17. The second kappa shape index (κ2) is 6.23. The van der Waals surface area contributed by atoms with Gasteiger partial charge in [0, 0.05) is 15.9 Å². The highest BCUT2D eigenvalue weighted by Crippen LogP contribution is 2.30. The van der Waals surface area contributed by atoms with Gasteiger partial charge in [-0.15, -0.1) is 0 Å². The van der Waals surface area contributed by atoms with Crippen LogP contribution in [0.4, 0.5) is 4.39 Å². The lowest BCUT2D eigenvalue weighted by Gasteiger charge is -2.14. The average Bonchev–Trinajstić information content (AvgIpc) is 2.34. The van der Waals surface area contributed by atoms with Crippen molar-refractivity contribution in [1.82, 2.24) is 0 Å². The lowest BCUT2D eigenvalue weighted by molar-refractivity contribution is 0.176. The van der Waals surface area contributed by atoms with E-state index < -0.39 is 11.9 Å². The van der Waals surface area contributed by atoms with Crippen LogP contribution in [0.3, 0.4) is 0 Å². The van der Waals surface area contributed by atoms with Gasteiger partial charge in [-0.05, 0) is 29.3 Å². The van der Waals surface area contributed by atoms with Crippen LogP contribution in [0.15, 0.2) is 40.9 Å². The molecular formula is C14H10BrCl2FO. The molecule has 0 radical (unpaired) electrons. The minimum atomic E-state index is -0.834. The average molecular weight is 364 g/mol. The molecule has 0 aliphatic rings. The number of halogens is 4.